The summed E-state index contributed by atoms with van der Waals surface area (Å²) in [5, 5.41) is 0.534. The minimum absolute atomic E-state index is 0.267. The molecular weight excluding hydrogens is 350 g/mol. The van der Waals surface area contributed by atoms with E-state index in [9.17, 15) is 4.79 Å². The molecule has 0 atom stereocenters. The maximum Gasteiger partial charge on any atom is 0.243 e. The first-order valence-corrected chi connectivity index (χ1v) is 8.97. The molecule has 0 saturated heterocycles. The van der Waals surface area contributed by atoms with Gasteiger partial charge in [-0.3, -0.25) is 4.79 Å². The Kier molecular flexibility index (Phi) is 3.69. The standard InChI is InChI=1S/C22H17N5O/c1-13(28)23-22-20-8-6-18(26-20)11-16-4-2-14(24-16)10-15-3-5-17(25-15)12-19-7-9-21(22)27-19/h2-12,24-26H,1H3. The lowest BCUT2D eigenvalue weighted by Crippen LogP contribution is -2.09. The lowest BCUT2D eigenvalue weighted by molar-refractivity contribution is -0.116. The number of fused-ring (bicyclic) bond motifs is 8. The molecule has 5 heterocycles. The number of aromatic nitrogens is 4. The van der Waals surface area contributed by atoms with Crippen LogP contribution in [0.15, 0.2) is 59.6 Å². The highest BCUT2D eigenvalue weighted by Gasteiger charge is 2.04. The fourth-order valence-corrected chi connectivity index (χ4v) is 3.33. The zero-order valence-corrected chi connectivity index (χ0v) is 15.2. The molecule has 1 aliphatic rings. The number of hydrogen-bond donors (Lipinski definition) is 3. The molecule has 136 valence electrons. The lowest BCUT2D eigenvalue weighted by atomic mass is 10.3. The Morgan fingerprint density at radius 1 is 0.786 bits per heavy atom. The van der Waals surface area contributed by atoms with Crippen LogP contribution in [0.4, 0.5) is 0 Å². The van der Waals surface area contributed by atoms with Gasteiger partial charge >= 0.3 is 0 Å². The summed E-state index contributed by atoms with van der Waals surface area (Å²) in [6.07, 6.45) is 3.79. The van der Waals surface area contributed by atoms with Gasteiger partial charge in [0.25, 0.3) is 0 Å². The number of amides is 1. The molecule has 8 bridgehead atoms. The minimum atomic E-state index is -0.267. The molecule has 0 aliphatic carbocycles. The molecule has 3 N–H and O–H groups in total. The van der Waals surface area contributed by atoms with Gasteiger partial charge in [0, 0.05) is 34.5 Å². The first kappa shape index (κ1) is 16.3. The number of hydrogen-bond acceptors (Lipinski definition) is 2. The third kappa shape index (κ3) is 3.12. The summed E-state index contributed by atoms with van der Waals surface area (Å²) in [4.78, 5) is 30.6. The highest BCUT2D eigenvalue weighted by atomic mass is 16.1. The van der Waals surface area contributed by atoms with Crippen LogP contribution in [-0.4, -0.2) is 25.8 Å². The molecule has 1 aliphatic heterocycles. The highest BCUT2D eigenvalue weighted by Crippen LogP contribution is 2.13. The average molecular weight is 367 g/mol. The molecule has 4 aromatic rings. The van der Waals surface area contributed by atoms with Crippen molar-refractivity contribution in [2.24, 2.45) is 4.99 Å². The van der Waals surface area contributed by atoms with Crippen LogP contribution in [0.1, 0.15) is 18.3 Å². The van der Waals surface area contributed by atoms with Gasteiger partial charge in [-0.25, -0.2) is 9.98 Å². The Morgan fingerprint density at radius 3 is 2.00 bits per heavy atom. The predicted molar refractivity (Wildman–Crippen MR) is 111 cm³/mol. The van der Waals surface area contributed by atoms with Gasteiger partial charge in [0.2, 0.25) is 5.91 Å². The van der Waals surface area contributed by atoms with Crippen LogP contribution >= 0.6 is 0 Å². The second-order valence-electron chi connectivity index (χ2n) is 6.73. The zero-order chi connectivity index (χ0) is 19.1. The number of aromatic amines is 3. The fourth-order valence-electron chi connectivity index (χ4n) is 3.33. The second-order valence-corrected chi connectivity index (χ2v) is 6.73. The molecule has 6 heteroatoms. The summed E-state index contributed by atoms with van der Waals surface area (Å²) in [7, 11) is 0. The summed E-state index contributed by atoms with van der Waals surface area (Å²) in [5.41, 5.74) is 7.05. The van der Waals surface area contributed by atoms with E-state index in [1.807, 2.05) is 60.7 Å². The molecule has 0 fully saturated rings. The van der Waals surface area contributed by atoms with E-state index in [1.54, 1.807) is 0 Å². The van der Waals surface area contributed by atoms with E-state index in [-0.39, 0.29) is 5.91 Å². The molecule has 5 rings (SSSR count). The van der Waals surface area contributed by atoms with Crippen molar-refractivity contribution in [1.82, 2.24) is 19.9 Å². The van der Waals surface area contributed by atoms with Crippen molar-refractivity contribution in [3.05, 3.63) is 71.3 Å². The second kappa shape index (κ2) is 6.35. The number of nitrogens with one attached hydrogen (secondary N) is 3. The molecule has 6 nitrogen and oxygen atoms in total. The van der Waals surface area contributed by atoms with E-state index in [4.69, 9.17) is 0 Å². The Balaban J connectivity index is 1.94. The Hall–Kier alpha value is -3.93. The Labute approximate surface area is 159 Å². The predicted octanol–water partition coefficient (Wildman–Crippen LogP) is 4.14. The van der Waals surface area contributed by atoms with E-state index in [0.717, 1.165) is 38.8 Å². The van der Waals surface area contributed by atoms with Gasteiger partial charge in [-0.1, -0.05) is 0 Å². The first-order valence-electron chi connectivity index (χ1n) is 8.97. The molecule has 4 aromatic heterocycles. The van der Waals surface area contributed by atoms with Gasteiger partial charge in [-0.05, 0) is 66.7 Å². The number of carbonyl (C=O) groups excluding carboxylic acids is 1. The van der Waals surface area contributed by atoms with Crippen LogP contribution in [0, 0.1) is 0 Å². The lowest BCUT2D eigenvalue weighted by Gasteiger charge is -1.89. The van der Waals surface area contributed by atoms with Gasteiger partial charge < -0.3 is 15.0 Å². The molecule has 0 spiro atoms. The first-order chi connectivity index (χ1) is 13.6. The summed E-state index contributed by atoms with van der Waals surface area (Å²) in [6.45, 7) is 1.44. The van der Waals surface area contributed by atoms with Gasteiger partial charge in [0.15, 0.2) is 0 Å². The third-order valence-corrected chi connectivity index (χ3v) is 4.52. The van der Waals surface area contributed by atoms with E-state index in [0.29, 0.717) is 11.1 Å². The van der Waals surface area contributed by atoms with Crippen LogP contribution < -0.4 is 5.36 Å². The van der Waals surface area contributed by atoms with Gasteiger partial charge in [-0.2, -0.15) is 0 Å². The largest absolute Gasteiger partial charge is 0.355 e. The van der Waals surface area contributed by atoms with Gasteiger partial charge in [0.1, 0.15) is 5.36 Å². The van der Waals surface area contributed by atoms with Crippen molar-refractivity contribution in [2.75, 3.05) is 0 Å². The maximum absolute atomic E-state index is 11.7. The Morgan fingerprint density at radius 2 is 1.36 bits per heavy atom. The van der Waals surface area contributed by atoms with Crippen LogP contribution in [0.25, 0.3) is 45.3 Å². The highest BCUT2D eigenvalue weighted by molar-refractivity contribution is 5.79. The van der Waals surface area contributed by atoms with Gasteiger partial charge in [-0.15, -0.1) is 0 Å². The quantitative estimate of drug-likeness (QED) is 0.384. The summed E-state index contributed by atoms with van der Waals surface area (Å²) in [6, 6.07) is 18.0. The summed E-state index contributed by atoms with van der Waals surface area (Å²) in [5.74, 6) is -0.267. The maximum atomic E-state index is 11.7. The molecular formula is C22H17N5O. The van der Waals surface area contributed by atoms with Crippen molar-refractivity contribution >= 4 is 51.2 Å². The number of carbonyl (C=O) groups is 1. The van der Waals surface area contributed by atoms with E-state index < -0.39 is 0 Å². The Bertz CT molecular complexity index is 1450. The molecule has 28 heavy (non-hydrogen) atoms. The zero-order valence-electron chi connectivity index (χ0n) is 15.2. The smallest absolute Gasteiger partial charge is 0.243 e. The van der Waals surface area contributed by atoms with Crippen molar-refractivity contribution in [3.8, 4) is 0 Å². The van der Waals surface area contributed by atoms with E-state index in [2.05, 4.69) is 31.0 Å². The number of rotatable bonds is 0. The van der Waals surface area contributed by atoms with Crippen molar-refractivity contribution < 1.29 is 4.79 Å². The number of nitrogens with zero attached hydrogens (tertiary/aromatic N) is 2. The van der Waals surface area contributed by atoms with Gasteiger partial charge in [0.05, 0.1) is 16.9 Å². The fraction of sp³-hybridized carbons (Fsp3) is 0.0455. The summed E-state index contributed by atoms with van der Waals surface area (Å²) < 4.78 is 0. The summed E-state index contributed by atoms with van der Waals surface area (Å²) >= 11 is 0. The van der Waals surface area contributed by atoms with E-state index >= 15 is 0 Å². The molecule has 1 amide bonds. The van der Waals surface area contributed by atoms with Crippen LogP contribution in [0.5, 0.6) is 0 Å². The molecule has 0 unspecified atom stereocenters. The van der Waals surface area contributed by atoms with E-state index in [1.165, 1.54) is 6.92 Å². The van der Waals surface area contributed by atoms with Crippen LogP contribution in [0.2, 0.25) is 0 Å². The SMILES string of the molecule is CC(=O)N=c1c2nc(cc3ccc(cc4ccc(cc5ccc1[nH]5)[nH]4)[nH]3)C=C2. The monoisotopic (exact) mass is 367 g/mol. The topological polar surface area (TPSA) is 89.7 Å². The third-order valence-electron chi connectivity index (χ3n) is 4.52. The molecule has 0 aromatic carbocycles. The average Bonchev–Trinajstić information content (AvgIpc) is 3.43. The van der Waals surface area contributed by atoms with Crippen molar-refractivity contribution in [1.29, 1.82) is 0 Å². The molecule has 0 saturated carbocycles. The van der Waals surface area contributed by atoms with Crippen molar-refractivity contribution in [3.63, 3.8) is 0 Å². The molecule has 0 radical (unpaired) electrons. The number of H-pyrrole nitrogens is 3. The minimum Gasteiger partial charge on any atom is -0.355 e. The van der Waals surface area contributed by atoms with Crippen LogP contribution in [-0.2, 0) is 4.79 Å². The van der Waals surface area contributed by atoms with Crippen molar-refractivity contribution in [2.45, 2.75) is 6.92 Å². The normalized spacial score (nSPS) is 12.7. The van der Waals surface area contributed by atoms with Crippen LogP contribution in [0.3, 0.4) is 0 Å².